The van der Waals surface area contributed by atoms with Crippen LogP contribution in [0.25, 0.3) is 0 Å². The van der Waals surface area contributed by atoms with E-state index in [0.717, 1.165) is 18.1 Å². The molecule has 0 N–H and O–H groups in total. The van der Waals surface area contributed by atoms with Gasteiger partial charge in [-0.3, -0.25) is 9.89 Å². The number of hydrogen-bond donors (Lipinski definition) is 0. The number of carbonyl (C=O) groups excluding carboxylic acids is 1. The molecule has 0 unspecified atom stereocenters. The summed E-state index contributed by atoms with van der Waals surface area (Å²) in [6.07, 6.45) is 2.53. The number of amidine groups is 1. The quantitative estimate of drug-likeness (QED) is 0.641. The lowest BCUT2D eigenvalue weighted by Gasteiger charge is -2.29. The highest BCUT2D eigenvalue weighted by Crippen LogP contribution is 2.16. The first kappa shape index (κ1) is 12.4. The molecular weight excluding hydrogens is 212 g/mol. The summed E-state index contributed by atoms with van der Waals surface area (Å²) in [6, 6.07) is 0. The summed E-state index contributed by atoms with van der Waals surface area (Å²) in [7, 11) is 0. The standard InChI is InChI=1S/C10H18N2O2S/c1-10(2,3)14-9(13)12-7-5-6-11-8(12)15-4/h5-7H2,1-4H3. The fourth-order valence-electron chi connectivity index (χ4n) is 1.25. The SMILES string of the molecule is CSC1=NCCCN1C(=O)OC(C)(C)C. The molecule has 0 aromatic heterocycles. The van der Waals surface area contributed by atoms with Gasteiger partial charge in [0.2, 0.25) is 0 Å². The maximum absolute atomic E-state index is 11.8. The van der Waals surface area contributed by atoms with Gasteiger partial charge in [-0.2, -0.15) is 0 Å². The molecule has 15 heavy (non-hydrogen) atoms. The van der Waals surface area contributed by atoms with Crippen molar-refractivity contribution in [3.05, 3.63) is 0 Å². The Balaban J connectivity index is 2.66. The summed E-state index contributed by atoms with van der Waals surface area (Å²) in [5, 5.41) is 0.760. The van der Waals surface area contributed by atoms with E-state index in [9.17, 15) is 4.79 Å². The van der Waals surface area contributed by atoms with Crippen molar-refractivity contribution in [3.63, 3.8) is 0 Å². The van der Waals surface area contributed by atoms with Gasteiger partial charge in [0.1, 0.15) is 5.60 Å². The lowest BCUT2D eigenvalue weighted by Crippen LogP contribution is -2.42. The highest BCUT2D eigenvalue weighted by atomic mass is 32.2. The monoisotopic (exact) mass is 230 g/mol. The number of carbonyl (C=O) groups is 1. The molecule has 5 heteroatoms. The van der Waals surface area contributed by atoms with Crippen LogP contribution >= 0.6 is 11.8 Å². The largest absolute Gasteiger partial charge is 0.443 e. The minimum absolute atomic E-state index is 0.296. The third-order valence-electron chi connectivity index (χ3n) is 1.81. The van der Waals surface area contributed by atoms with E-state index in [2.05, 4.69) is 4.99 Å². The van der Waals surface area contributed by atoms with Crippen molar-refractivity contribution >= 4 is 23.0 Å². The molecule has 0 saturated carbocycles. The normalized spacial score (nSPS) is 17.3. The molecule has 0 aromatic rings. The van der Waals surface area contributed by atoms with Crippen molar-refractivity contribution < 1.29 is 9.53 Å². The number of hydrogen-bond acceptors (Lipinski definition) is 4. The summed E-state index contributed by atoms with van der Waals surface area (Å²) in [5.74, 6) is 0. The first-order valence-electron chi connectivity index (χ1n) is 5.03. The number of thioether (sulfide) groups is 1. The summed E-state index contributed by atoms with van der Waals surface area (Å²) >= 11 is 1.48. The highest BCUT2D eigenvalue weighted by molar-refractivity contribution is 8.13. The van der Waals surface area contributed by atoms with Crippen LogP contribution in [0.1, 0.15) is 27.2 Å². The van der Waals surface area contributed by atoms with Crippen molar-refractivity contribution in [1.82, 2.24) is 4.90 Å². The van der Waals surface area contributed by atoms with Crippen LogP contribution in [0.4, 0.5) is 4.79 Å². The molecule has 1 aliphatic rings. The third-order valence-corrected chi connectivity index (χ3v) is 2.53. The molecule has 4 nitrogen and oxygen atoms in total. The fourth-order valence-corrected chi connectivity index (χ4v) is 1.85. The summed E-state index contributed by atoms with van der Waals surface area (Å²) in [5.41, 5.74) is -0.446. The molecule has 0 aromatic carbocycles. The van der Waals surface area contributed by atoms with Crippen LogP contribution in [0.15, 0.2) is 4.99 Å². The van der Waals surface area contributed by atoms with Gasteiger partial charge in [0.25, 0.3) is 0 Å². The zero-order chi connectivity index (χ0) is 11.5. The molecule has 0 fully saturated rings. The molecule has 1 rings (SSSR count). The van der Waals surface area contributed by atoms with Crippen LogP contribution in [-0.2, 0) is 4.74 Å². The van der Waals surface area contributed by atoms with E-state index < -0.39 is 5.60 Å². The van der Waals surface area contributed by atoms with Crippen LogP contribution in [0.2, 0.25) is 0 Å². The lowest BCUT2D eigenvalue weighted by atomic mass is 10.2. The van der Waals surface area contributed by atoms with Gasteiger partial charge in [0.15, 0.2) is 5.17 Å². The van der Waals surface area contributed by atoms with Crippen LogP contribution in [0, 0.1) is 0 Å². The van der Waals surface area contributed by atoms with E-state index in [-0.39, 0.29) is 6.09 Å². The molecule has 1 amide bonds. The smallest absolute Gasteiger partial charge is 0.416 e. The van der Waals surface area contributed by atoms with Crippen LogP contribution in [0.3, 0.4) is 0 Å². The Morgan fingerprint density at radius 1 is 1.53 bits per heavy atom. The van der Waals surface area contributed by atoms with Gasteiger partial charge in [0, 0.05) is 13.1 Å². The lowest BCUT2D eigenvalue weighted by molar-refractivity contribution is 0.0368. The fraction of sp³-hybridized carbons (Fsp3) is 0.800. The van der Waals surface area contributed by atoms with E-state index in [1.165, 1.54) is 11.8 Å². The minimum atomic E-state index is -0.446. The highest BCUT2D eigenvalue weighted by Gasteiger charge is 2.26. The number of amides is 1. The van der Waals surface area contributed by atoms with Gasteiger partial charge in [-0.1, -0.05) is 11.8 Å². The maximum Gasteiger partial charge on any atom is 0.416 e. The number of aliphatic imine (C=N–C) groups is 1. The van der Waals surface area contributed by atoms with Crippen molar-refractivity contribution in [2.75, 3.05) is 19.3 Å². The molecule has 1 heterocycles. The molecule has 0 atom stereocenters. The molecule has 0 bridgehead atoms. The third kappa shape index (κ3) is 3.74. The van der Waals surface area contributed by atoms with Crippen molar-refractivity contribution in [3.8, 4) is 0 Å². The van der Waals surface area contributed by atoms with E-state index in [4.69, 9.17) is 4.74 Å². The van der Waals surface area contributed by atoms with Crippen molar-refractivity contribution in [2.45, 2.75) is 32.8 Å². The van der Waals surface area contributed by atoms with E-state index in [1.54, 1.807) is 4.90 Å². The van der Waals surface area contributed by atoms with E-state index in [0.29, 0.717) is 6.54 Å². The Bertz CT molecular complexity index is 271. The second kappa shape index (κ2) is 4.88. The zero-order valence-electron chi connectivity index (χ0n) is 9.74. The number of rotatable bonds is 0. The van der Waals surface area contributed by atoms with Crippen LogP contribution in [0.5, 0.6) is 0 Å². The summed E-state index contributed by atoms with van der Waals surface area (Å²) < 4.78 is 5.30. The van der Waals surface area contributed by atoms with Gasteiger partial charge in [0.05, 0.1) is 0 Å². The zero-order valence-corrected chi connectivity index (χ0v) is 10.6. The Hall–Kier alpha value is -0.710. The Labute approximate surface area is 95.1 Å². The van der Waals surface area contributed by atoms with Gasteiger partial charge in [-0.25, -0.2) is 4.79 Å². The van der Waals surface area contributed by atoms with Gasteiger partial charge in [-0.15, -0.1) is 0 Å². The molecule has 86 valence electrons. The second-order valence-electron chi connectivity index (χ2n) is 4.35. The molecule has 0 saturated heterocycles. The molecule has 1 aliphatic heterocycles. The van der Waals surface area contributed by atoms with Crippen LogP contribution in [-0.4, -0.2) is 41.1 Å². The average Bonchev–Trinajstić information content (AvgIpc) is 2.15. The van der Waals surface area contributed by atoms with Crippen molar-refractivity contribution in [1.29, 1.82) is 0 Å². The molecule has 0 spiro atoms. The van der Waals surface area contributed by atoms with Crippen molar-refractivity contribution in [2.24, 2.45) is 4.99 Å². The minimum Gasteiger partial charge on any atom is -0.443 e. The van der Waals surface area contributed by atoms with Gasteiger partial charge >= 0.3 is 6.09 Å². The molecule has 0 radical (unpaired) electrons. The predicted octanol–water partition coefficient (Wildman–Crippen LogP) is 2.35. The average molecular weight is 230 g/mol. The number of ether oxygens (including phenoxy) is 1. The summed E-state index contributed by atoms with van der Waals surface area (Å²) in [6.45, 7) is 7.10. The Morgan fingerprint density at radius 2 is 2.20 bits per heavy atom. The first-order chi connectivity index (χ1) is 6.94. The number of nitrogens with zero attached hydrogens (tertiary/aromatic N) is 2. The Morgan fingerprint density at radius 3 is 2.73 bits per heavy atom. The van der Waals surface area contributed by atoms with Crippen LogP contribution < -0.4 is 0 Å². The molecule has 0 aliphatic carbocycles. The first-order valence-corrected chi connectivity index (χ1v) is 6.25. The van der Waals surface area contributed by atoms with E-state index >= 15 is 0 Å². The summed E-state index contributed by atoms with van der Waals surface area (Å²) in [4.78, 5) is 17.7. The Kier molecular flexibility index (Phi) is 4.02. The topological polar surface area (TPSA) is 41.9 Å². The van der Waals surface area contributed by atoms with Gasteiger partial charge in [-0.05, 0) is 33.4 Å². The van der Waals surface area contributed by atoms with Gasteiger partial charge < -0.3 is 4.74 Å². The maximum atomic E-state index is 11.8. The van der Waals surface area contributed by atoms with E-state index in [1.807, 2.05) is 27.0 Å². The second-order valence-corrected chi connectivity index (χ2v) is 5.13. The predicted molar refractivity (Wildman–Crippen MR) is 63.4 cm³/mol. The molecular formula is C10H18N2O2S.